The van der Waals surface area contributed by atoms with Crippen molar-refractivity contribution in [3.63, 3.8) is 0 Å². The van der Waals surface area contributed by atoms with Crippen LogP contribution in [-0.4, -0.2) is 19.1 Å². The fraction of sp³-hybridized carbons (Fsp3) is 0.500. The number of nitrogens with one attached hydrogen (secondary N) is 1. The SMILES string of the molecule is CCCCCCCCCCCCCCOc1ccc(OCC(=O)Nc2ccc(C[n+]3ccsc3)cc2)cc1. The number of rotatable bonds is 20. The molecule has 0 unspecified atom stereocenters. The first-order valence-corrected chi connectivity index (χ1v) is 15.3. The number of nitrogens with zero attached hydrogens (tertiary/aromatic N) is 1. The predicted octanol–water partition coefficient (Wildman–Crippen LogP) is 8.18. The van der Waals surface area contributed by atoms with Gasteiger partial charge in [-0.15, -0.1) is 0 Å². The molecule has 0 radical (unpaired) electrons. The summed E-state index contributed by atoms with van der Waals surface area (Å²) in [6.07, 6.45) is 18.1. The second-order valence-electron chi connectivity index (χ2n) is 9.94. The lowest BCUT2D eigenvalue weighted by Gasteiger charge is -2.09. The molecule has 0 atom stereocenters. The quantitative estimate of drug-likeness (QED) is 0.117. The minimum atomic E-state index is -0.183. The molecule has 3 rings (SSSR count). The van der Waals surface area contributed by atoms with Crippen LogP contribution in [0.4, 0.5) is 5.69 Å². The van der Waals surface area contributed by atoms with Crippen LogP contribution in [0.5, 0.6) is 11.5 Å². The summed E-state index contributed by atoms with van der Waals surface area (Å²) < 4.78 is 13.6. The van der Waals surface area contributed by atoms with Gasteiger partial charge >= 0.3 is 0 Å². The molecule has 5 nitrogen and oxygen atoms in total. The first kappa shape index (κ1) is 29.7. The second kappa shape index (κ2) is 18.4. The Morgan fingerprint density at radius 2 is 1.34 bits per heavy atom. The summed E-state index contributed by atoms with van der Waals surface area (Å²) in [7, 11) is 0. The Hall–Kier alpha value is -2.86. The van der Waals surface area contributed by atoms with Gasteiger partial charge in [0.2, 0.25) is 5.51 Å². The zero-order chi connectivity index (χ0) is 26.7. The molecule has 3 aromatic rings. The Kier molecular flexibility index (Phi) is 14.4. The maximum absolute atomic E-state index is 12.3. The Bertz CT molecular complexity index is 1000. The third-order valence-electron chi connectivity index (χ3n) is 6.59. The third-order valence-corrected chi connectivity index (χ3v) is 7.26. The van der Waals surface area contributed by atoms with E-state index < -0.39 is 0 Å². The van der Waals surface area contributed by atoms with E-state index in [1.807, 2.05) is 48.5 Å². The van der Waals surface area contributed by atoms with Gasteiger partial charge in [-0.1, -0.05) is 101 Å². The molecule has 0 aliphatic heterocycles. The van der Waals surface area contributed by atoms with Crippen molar-refractivity contribution in [2.24, 2.45) is 0 Å². The number of benzene rings is 2. The summed E-state index contributed by atoms with van der Waals surface area (Å²) in [5.41, 5.74) is 4.02. The van der Waals surface area contributed by atoms with Gasteiger partial charge in [0.1, 0.15) is 11.5 Å². The largest absolute Gasteiger partial charge is 0.494 e. The van der Waals surface area contributed by atoms with Crippen molar-refractivity contribution in [1.82, 2.24) is 0 Å². The van der Waals surface area contributed by atoms with Gasteiger partial charge in [0, 0.05) is 11.3 Å². The van der Waals surface area contributed by atoms with Gasteiger partial charge in [0.15, 0.2) is 19.3 Å². The summed E-state index contributed by atoms with van der Waals surface area (Å²) in [5.74, 6) is 1.31. The summed E-state index contributed by atoms with van der Waals surface area (Å²) in [5, 5.41) is 4.94. The Morgan fingerprint density at radius 3 is 1.92 bits per heavy atom. The van der Waals surface area contributed by atoms with Crippen molar-refractivity contribution in [3.8, 4) is 11.5 Å². The van der Waals surface area contributed by atoms with Crippen molar-refractivity contribution < 1.29 is 18.8 Å². The molecule has 0 saturated heterocycles. The van der Waals surface area contributed by atoms with Crippen LogP contribution in [-0.2, 0) is 11.3 Å². The van der Waals surface area contributed by atoms with Crippen LogP contribution < -0.4 is 19.4 Å². The lowest BCUT2D eigenvalue weighted by molar-refractivity contribution is -0.683. The normalized spacial score (nSPS) is 10.9. The van der Waals surface area contributed by atoms with E-state index in [9.17, 15) is 4.79 Å². The van der Waals surface area contributed by atoms with Crippen molar-refractivity contribution >= 4 is 22.9 Å². The van der Waals surface area contributed by atoms with E-state index in [0.717, 1.165) is 31.0 Å². The predicted molar refractivity (Wildman–Crippen MR) is 157 cm³/mol. The second-order valence-corrected chi connectivity index (χ2v) is 10.7. The monoisotopic (exact) mass is 537 g/mol. The summed E-state index contributed by atoms with van der Waals surface area (Å²) in [4.78, 5) is 12.3. The molecule has 1 heterocycles. The molecule has 2 aromatic carbocycles. The molecule has 0 spiro atoms. The van der Waals surface area contributed by atoms with E-state index in [2.05, 4.69) is 33.9 Å². The Balaban J connectivity index is 1.20. The fourth-order valence-electron chi connectivity index (χ4n) is 4.37. The van der Waals surface area contributed by atoms with E-state index in [1.54, 1.807) is 11.3 Å². The van der Waals surface area contributed by atoms with E-state index in [-0.39, 0.29) is 12.5 Å². The fourth-order valence-corrected chi connectivity index (χ4v) is 4.97. The summed E-state index contributed by atoms with van der Waals surface area (Å²) in [6, 6.07) is 15.4. The third kappa shape index (κ3) is 12.6. The molecule has 0 aliphatic rings. The minimum absolute atomic E-state index is 0.0361. The smallest absolute Gasteiger partial charge is 0.262 e. The lowest BCUT2D eigenvalue weighted by Crippen LogP contribution is -2.30. The number of carbonyl (C=O) groups excluding carboxylic acids is 1. The number of aromatic nitrogens is 1. The standard InChI is InChI=1S/C32H44N2O3S/c1-2-3-4-5-6-7-8-9-10-11-12-13-23-36-30-18-20-31(21-19-30)37-26-32(35)33-29-16-14-28(15-17-29)25-34-22-24-38-27-34/h14-22,24,27H,2-13,23,25-26H2,1H3/p+1. The molecule has 38 heavy (non-hydrogen) atoms. The number of anilines is 1. The van der Waals surface area contributed by atoms with Crippen LogP contribution in [0.15, 0.2) is 65.6 Å². The Labute approximate surface area is 233 Å². The molecular weight excluding hydrogens is 492 g/mol. The van der Waals surface area contributed by atoms with Crippen molar-refractivity contribution in [1.29, 1.82) is 0 Å². The summed E-state index contributed by atoms with van der Waals surface area (Å²) >= 11 is 1.67. The Morgan fingerprint density at radius 1 is 0.763 bits per heavy atom. The summed E-state index contributed by atoms with van der Waals surface area (Å²) in [6.45, 7) is 3.80. The van der Waals surface area contributed by atoms with Gasteiger partial charge in [-0.3, -0.25) is 4.79 Å². The van der Waals surface area contributed by atoms with Gasteiger partial charge in [0.05, 0.1) is 12.0 Å². The lowest BCUT2D eigenvalue weighted by atomic mass is 10.1. The molecule has 1 aromatic heterocycles. The van der Waals surface area contributed by atoms with E-state index in [0.29, 0.717) is 5.75 Å². The molecule has 0 fully saturated rings. The van der Waals surface area contributed by atoms with Crippen LogP contribution in [0.1, 0.15) is 89.5 Å². The maximum Gasteiger partial charge on any atom is 0.262 e. The number of amides is 1. The van der Waals surface area contributed by atoms with Crippen molar-refractivity contribution in [3.05, 3.63) is 71.2 Å². The zero-order valence-corrected chi connectivity index (χ0v) is 23.9. The molecule has 1 N–H and O–H groups in total. The minimum Gasteiger partial charge on any atom is -0.494 e. The van der Waals surface area contributed by atoms with Gasteiger partial charge in [0.25, 0.3) is 5.91 Å². The van der Waals surface area contributed by atoms with Crippen LogP contribution in [0.3, 0.4) is 0 Å². The van der Waals surface area contributed by atoms with Crippen LogP contribution >= 0.6 is 11.3 Å². The molecule has 1 amide bonds. The first-order valence-electron chi connectivity index (χ1n) is 14.4. The van der Waals surface area contributed by atoms with Crippen molar-refractivity contribution in [2.75, 3.05) is 18.5 Å². The molecule has 206 valence electrons. The number of thiazole rings is 1. The highest BCUT2D eigenvalue weighted by molar-refractivity contribution is 7.07. The molecular formula is C32H45N2O3S+. The van der Waals surface area contributed by atoms with Gasteiger partial charge in [-0.2, -0.15) is 4.57 Å². The van der Waals surface area contributed by atoms with Gasteiger partial charge in [-0.25, -0.2) is 0 Å². The van der Waals surface area contributed by atoms with Gasteiger partial charge < -0.3 is 14.8 Å². The number of ether oxygens (including phenoxy) is 2. The average Bonchev–Trinajstić information content (AvgIpc) is 3.45. The van der Waals surface area contributed by atoms with Gasteiger partial charge in [-0.05, 0) is 42.8 Å². The zero-order valence-electron chi connectivity index (χ0n) is 23.0. The highest BCUT2D eigenvalue weighted by Crippen LogP contribution is 2.19. The van der Waals surface area contributed by atoms with Crippen LogP contribution in [0.2, 0.25) is 0 Å². The van der Waals surface area contributed by atoms with E-state index in [1.165, 1.54) is 76.2 Å². The molecule has 0 bridgehead atoms. The first-order chi connectivity index (χ1) is 18.7. The maximum atomic E-state index is 12.3. The average molecular weight is 538 g/mol. The van der Waals surface area contributed by atoms with E-state index in [4.69, 9.17) is 9.47 Å². The number of hydrogen-bond acceptors (Lipinski definition) is 4. The highest BCUT2D eigenvalue weighted by Gasteiger charge is 2.06. The van der Waals surface area contributed by atoms with E-state index >= 15 is 0 Å². The molecule has 0 aliphatic carbocycles. The highest BCUT2D eigenvalue weighted by atomic mass is 32.1. The van der Waals surface area contributed by atoms with Crippen LogP contribution in [0.25, 0.3) is 0 Å². The van der Waals surface area contributed by atoms with Crippen LogP contribution in [0, 0.1) is 0 Å². The topological polar surface area (TPSA) is 51.4 Å². The number of hydrogen-bond donors (Lipinski definition) is 1. The number of carbonyl (C=O) groups is 1. The number of unbranched alkanes of at least 4 members (excludes halogenated alkanes) is 11. The molecule has 6 heteroatoms. The molecule has 0 saturated carbocycles. The van der Waals surface area contributed by atoms with Crippen molar-refractivity contribution in [2.45, 2.75) is 90.5 Å².